The zero-order valence-electron chi connectivity index (χ0n) is 12.6. The fraction of sp³-hybridized carbons (Fsp3) is 0.625. The lowest BCUT2D eigenvalue weighted by molar-refractivity contribution is 0.0860. The van der Waals surface area contributed by atoms with E-state index in [4.69, 9.17) is 0 Å². The molecule has 0 atom stereocenters. The largest absolute Gasteiger partial charge is 0.396 e. The Bertz CT molecular complexity index is 539. The van der Waals surface area contributed by atoms with E-state index in [-0.39, 0.29) is 23.5 Å². The Morgan fingerprint density at radius 1 is 1.33 bits per heavy atom. The van der Waals surface area contributed by atoms with E-state index >= 15 is 0 Å². The summed E-state index contributed by atoms with van der Waals surface area (Å²) in [5.41, 5.74) is 0.193. The highest BCUT2D eigenvalue weighted by Crippen LogP contribution is 2.38. The van der Waals surface area contributed by atoms with Gasteiger partial charge in [0.15, 0.2) is 0 Å². The van der Waals surface area contributed by atoms with E-state index in [0.717, 1.165) is 32.1 Å². The molecule has 0 aliphatic heterocycles. The van der Waals surface area contributed by atoms with Gasteiger partial charge in [0.25, 0.3) is 11.5 Å². The van der Waals surface area contributed by atoms with Gasteiger partial charge < -0.3 is 15.0 Å². The molecule has 1 amide bonds. The van der Waals surface area contributed by atoms with Crippen molar-refractivity contribution in [3.63, 3.8) is 0 Å². The van der Waals surface area contributed by atoms with Gasteiger partial charge in [-0.1, -0.05) is 25.3 Å². The van der Waals surface area contributed by atoms with E-state index in [1.807, 2.05) is 0 Å². The first-order valence-corrected chi connectivity index (χ1v) is 7.63. The summed E-state index contributed by atoms with van der Waals surface area (Å²) in [6.45, 7) is 0.717. The highest BCUT2D eigenvalue weighted by Gasteiger charge is 2.32. The molecule has 2 N–H and O–H groups in total. The molecule has 1 saturated carbocycles. The second-order valence-corrected chi connectivity index (χ2v) is 6.03. The average molecular weight is 292 g/mol. The summed E-state index contributed by atoms with van der Waals surface area (Å²) in [4.78, 5) is 23.8. The number of pyridine rings is 1. The topological polar surface area (TPSA) is 71.3 Å². The zero-order valence-corrected chi connectivity index (χ0v) is 12.6. The number of rotatable bonds is 5. The number of aliphatic hydroxyl groups excluding tert-OH is 1. The molecular weight excluding hydrogens is 268 g/mol. The van der Waals surface area contributed by atoms with Crippen molar-refractivity contribution >= 4 is 5.91 Å². The van der Waals surface area contributed by atoms with E-state index < -0.39 is 0 Å². The summed E-state index contributed by atoms with van der Waals surface area (Å²) >= 11 is 0. The maximum atomic E-state index is 12.3. The molecule has 1 aliphatic carbocycles. The Kier molecular flexibility index (Phi) is 5.17. The number of aromatic nitrogens is 1. The van der Waals surface area contributed by atoms with Crippen LogP contribution in [0, 0.1) is 5.41 Å². The van der Waals surface area contributed by atoms with Crippen molar-refractivity contribution in [3.05, 3.63) is 34.2 Å². The van der Waals surface area contributed by atoms with Crippen molar-refractivity contribution in [2.75, 3.05) is 13.2 Å². The third kappa shape index (κ3) is 3.73. The summed E-state index contributed by atoms with van der Waals surface area (Å²) in [6.07, 6.45) is 6.35. The summed E-state index contributed by atoms with van der Waals surface area (Å²) in [7, 11) is 1.60. The minimum atomic E-state index is -0.224. The first kappa shape index (κ1) is 15.8. The molecule has 0 spiro atoms. The summed E-state index contributed by atoms with van der Waals surface area (Å²) in [6, 6.07) is 4.68. The van der Waals surface area contributed by atoms with E-state index in [1.165, 1.54) is 17.1 Å². The molecule has 1 heterocycles. The molecule has 1 aliphatic rings. The van der Waals surface area contributed by atoms with Gasteiger partial charge in [-0.25, -0.2) is 0 Å². The van der Waals surface area contributed by atoms with Crippen molar-refractivity contribution in [3.8, 4) is 0 Å². The van der Waals surface area contributed by atoms with E-state index in [0.29, 0.717) is 12.2 Å². The van der Waals surface area contributed by atoms with Gasteiger partial charge in [0.2, 0.25) is 0 Å². The minimum absolute atomic E-state index is 0.0102. The lowest BCUT2D eigenvalue weighted by Crippen LogP contribution is -2.41. The molecule has 5 nitrogen and oxygen atoms in total. The van der Waals surface area contributed by atoms with Gasteiger partial charge >= 0.3 is 0 Å². The molecular formula is C16H24N2O3. The van der Waals surface area contributed by atoms with Gasteiger partial charge in [-0.05, 0) is 30.7 Å². The first-order chi connectivity index (χ1) is 10.1. The number of hydrogen-bond acceptors (Lipinski definition) is 3. The van der Waals surface area contributed by atoms with Gasteiger partial charge in [-0.2, -0.15) is 0 Å². The van der Waals surface area contributed by atoms with Crippen molar-refractivity contribution in [2.45, 2.75) is 38.5 Å². The van der Waals surface area contributed by atoms with Crippen LogP contribution in [0.25, 0.3) is 0 Å². The van der Waals surface area contributed by atoms with E-state index in [2.05, 4.69) is 5.32 Å². The molecule has 1 aromatic rings. The van der Waals surface area contributed by atoms with Crippen LogP contribution in [0.2, 0.25) is 0 Å². The van der Waals surface area contributed by atoms with Gasteiger partial charge in [-0.3, -0.25) is 9.59 Å². The van der Waals surface area contributed by atoms with Gasteiger partial charge in [0.05, 0.1) is 0 Å². The van der Waals surface area contributed by atoms with Crippen LogP contribution in [0.5, 0.6) is 0 Å². The fourth-order valence-electron chi connectivity index (χ4n) is 3.20. The highest BCUT2D eigenvalue weighted by atomic mass is 16.3. The summed E-state index contributed by atoms with van der Waals surface area (Å²) in [5, 5.41) is 12.2. The molecule has 1 aromatic heterocycles. The molecule has 0 saturated heterocycles. The zero-order chi connectivity index (χ0) is 15.3. The number of nitrogens with one attached hydrogen (secondary N) is 1. The van der Waals surface area contributed by atoms with Crippen molar-refractivity contribution < 1.29 is 9.90 Å². The molecule has 0 bridgehead atoms. The molecule has 0 unspecified atom stereocenters. The van der Waals surface area contributed by atoms with Crippen molar-refractivity contribution in [2.24, 2.45) is 12.5 Å². The second kappa shape index (κ2) is 6.89. The van der Waals surface area contributed by atoms with Crippen LogP contribution < -0.4 is 10.9 Å². The first-order valence-electron chi connectivity index (χ1n) is 7.63. The van der Waals surface area contributed by atoms with Crippen LogP contribution >= 0.6 is 0 Å². The average Bonchev–Trinajstić information content (AvgIpc) is 2.49. The number of aliphatic hydroxyl groups is 1. The van der Waals surface area contributed by atoms with Crippen LogP contribution in [0.3, 0.4) is 0 Å². The lowest BCUT2D eigenvalue weighted by Gasteiger charge is -2.37. The third-order valence-corrected chi connectivity index (χ3v) is 4.60. The molecule has 0 radical (unpaired) electrons. The Morgan fingerprint density at radius 2 is 2.05 bits per heavy atom. The molecule has 0 aromatic carbocycles. The van der Waals surface area contributed by atoms with E-state index in [9.17, 15) is 14.7 Å². The Morgan fingerprint density at radius 3 is 2.71 bits per heavy atom. The van der Waals surface area contributed by atoms with Gasteiger partial charge in [0, 0.05) is 26.3 Å². The fourth-order valence-corrected chi connectivity index (χ4v) is 3.20. The molecule has 5 heteroatoms. The van der Waals surface area contributed by atoms with Crippen LogP contribution in [-0.4, -0.2) is 28.7 Å². The number of carbonyl (C=O) groups excluding carboxylic acids is 1. The number of amides is 1. The lowest BCUT2D eigenvalue weighted by atomic mass is 9.72. The van der Waals surface area contributed by atoms with E-state index in [1.54, 1.807) is 19.2 Å². The van der Waals surface area contributed by atoms with Crippen LogP contribution in [-0.2, 0) is 7.05 Å². The SMILES string of the molecule is Cn1c(C(=O)NCC2(CCO)CCCCC2)cccc1=O. The summed E-state index contributed by atoms with van der Waals surface area (Å²) < 4.78 is 1.36. The second-order valence-electron chi connectivity index (χ2n) is 6.03. The van der Waals surface area contributed by atoms with Crippen molar-refractivity contribution in [1.29, 1.82) is 0 Å². The van der Waals surface area contributed by atoms with Gasteiger partial charge in [0.1, 0.15) is 5.69 Å². The monoisotopic (exact) mass is 292 g/mol. The van der Waals surface area contributed by atoms with Crippen molar-refractivity contribution in [1.82, 2.24) is 9.88 Å². The van der Waals surface area contributed by atoms with Crippen LogP contribution in [0.15, 0.2) is 23.0 Å². The Hall–Kier alpha value is -1.62. The quantitative estimate of drug-likeness (QED) is 0.863. The number of nitrogens with zero attached hydrogens (tertiary/aromatic N) is 1. The Balaban J connectivity index is 2.05. The van der Waals surface area contributed by atoms with Crippen LogP contribution in [0.4, 0.5) is 0 Å². The number of carbonyl (C=O) groups is 1. The maximum Gasteiger partial charge on any atom is 0.268 e. The predicted octanol–water partition coefficient (Wildman–Crippen LogP) is 1.45. The standard InChI is InChI=1S/C16H24N2O3/c1-18-13(6-5-7-14(18)20)15(21)17-12-16(10-11-19)8-3-2-4-9-16/h5-7,19H,2-4,8-12H2,1H3,(H,17,21). The molecule has 21 heavy (non-hydrogen) atoms. The number of hydrogen-bond donors (Lipinski definition) is 2. The maximum absolute atomic E-state index is 12.3. The van der Waals surface area contributed by atoms with Crippen LogP contribution in [0.1, 0.15) is 49.0 Å². The van der Waals surface area contributed by atoms with Gasteiger partial charge in [-0.15, -0.1) is 0 Å². The smallest absolute Gasteiger partial charge is 0.268 e. The molecule has 1 fully saturated rings. The predicted molar refractivity (Wildman–Crippen MR) is 81.2 cm³/mol. The molecule has 116 valence electrons. The minimum Gasteiger partial charge on any atom is -0.396 e. The Labute approximate surface area is 125 Å². The third-order valence-electron chi connectivity index (χ3n) is 4.60. The molecule has 2 rings (SSSR count). The normalized spacial score (nSPS) is 17.4. The highest BCUT2D eigenvalue weighted by molar-refractivity contribution is 5.92. The summed E-state index contributed by atoms with van der Waals surface area (Å²) in [5.74, 6) is -0.224.